The maximum Gasteiger partial charge on any atom is 0.168 e. The Balaban J connectivity index is 1.77. The van der Waals surface area contributed by atoms with Crippen LogP contribution in [0.15, 0.2) is 28.9 Å². The molecule has 4 rings (SSSR count). The van der Waals surface area contributed by atoms with Gasteiger partial charge in [0.25, 0.3) is 0 Å². The fourth-order valence-electron chi connectivity index (χ4n) is 6.13. The van der Waals surface area contributed by atoms with Crippen molar-refractivity contribution in [2.75, 3.05) is 0 Å². The quantitative estimate of drug-likeness (QED) is 0.314. The molecule has 0 amide bonds. The highest BCUT2D eigenvalue weighted by Gasteiger charge is 2.58. The number of hydrogen-bond donors (Lipinski definition) is 0. The van der Waals surface area contributed by atoms with Crippen LogP contribution in [-0.4, -0.2) is 17.6 Å². The molecule has 5 nitrogen and oxygen atoms in total. The van der Waals surface area contributed by atoms with Crippen molar-refractivity contribution in [1.29, 1.82) is 0 Å². The Morgan fingerprint density at radius 1 is 1.25 bits per heavy atom. The van der Waals surface area contributed by atoms with Crippen molar-refractivity contribution in [2.24, 2.45) is 33.7 Å². The molecule has 0 aliphatic heterocycles. The average Bonchev–Trinajstić information content (AvgIpc) is 2.86. The van der Waals surface area contributed by atoms with Gasteiger partial charge in [-0.15, -0.1) is 0 Å². The summed E-state index contributed by atoms with van der Waals surface area (Å²) in [6.07, 6.45) is 10.3. The molecule has 0 saturated heterocycles. The van der Waals surface area contributed by atoms with Gasteiger partial charge in [-0.25, -0.2) is 0 Å². The average molecular weight is 325 g/mol. The van der Waals surface area contributed by atoms with Crippen molar-refractivity contribution in [1.82, 2.24) is 0 Å². The molecule has 1 unspecified atom stereocenters. The second-order valence-corrected chi connectivity index (χ2v) is 8.32. The van der Waals surface area contributed by atoms with Gasteiger partial charge in [0.1, 0.15) is 11.8 Å². The minimum Gasteiger partial charge on any atom is -0.299 e. The van der Waals surface area contributed by atoms with E-state index < -0.39 is 6.04 Å². The summed E-state index contributed by atoms with van der Waals surface area (Å²) < 4.78 is 0. The van der Waals surface area contributed by atoms with Crippen LogP contribution in [0.5, 0.6) is 0 Å². The van der Waals surface area contributed by atoms with Gasteiger partial charge in [-0.2, -0.15) is 0 Å². The van der Waals surface area contributed by atoms with Gasteiger partial charge in [0.15, 0.2) is 5.78 Å². The Morgan fingerprint density at radius 3 is 2.79 bits per heavy atom. The summed E-state index contributed by atoms with van der Waals surface area (Å²) in [5.74, 6) is 1.66. The summed E-state index contributed by atoms with van der Waals surface area (Å²) in [6.45, 7) is 4.34. The van der Waals surface area contributed by atoms with Crippen molar-refractivity contribution >= 4 is 11.6 Å². The maximum absolute atomic E-state index is 12.4. The normalized spacial score (nSPS) is 46.5. The number of fused-ring (bicyclic) bond motifs is 5. The molecule has 0 heterocycles. The number of nitrogens with zero attached hydrogens (tertiary/aromatic N) is 3. The number of hydrogen-bond acceptors (Lipinski definition) is 3. The van der Waals surface area contributed by atoms with Gasteiger partial charge >= 0.3 is 0 Å². The topological polar surface area (TPSA) is 82.9 Å². The Morgan fingerprint density at radius 2 is 2.04 bits per heavy atom. The maximum atomic E-state index is 12.4. The monoisotopic (exact) mass is 325 g/mol. The number of rotatable bonds is 1. The van der Waals surface area contributed by atoms with E-state index in [1.54, 1.807) is 6.08 Å². The summed E-state index contributed by atoms with van der Waals surface area (Å²) in [5.41, 5.74) is 9.44. The van der Waals surface area contributed by atoms with Gasteiger partial charge in [-0.3, -0.25) is 9.59 Å². The molecule has 24 heavy (non-hydrogen) atoms. The van der Waals surface area contributed by atoms with E-state index in [0.29, 0.717) is 30.0 Å². The van der Waals surface area contributed by atoms with Crippen molar-refractivity contribution < 1.29 is 9.59 Å². The third-order valence-corrected chi connectivity index (χ3v) is 7.47. The molecule has 4 aliphatic carbocycles. The summed E-state index contributed by atoms with van der Waals surface area (Å²) >= 11 is 0. The highest BCUT2D eigenvalue weighted by Crippen LogP contribution is 2.62. The molecule has 5 heteroatoms. The first-order chi connectivity index (χ1) is 11.4. The molecule has 0 aromatic rings. The predicted molar refractivity (Wildman–Crippen MR) is 89.9 cm³/mol. The lowest BCUT2D eigenvalue weighted by atomic mass is 9.49. The summed E-state index contributed by atoms with van der Waals surface area (Å²) in [4.78, 5) is 27.5. The van der Waals surface area contributed by atoms with Crippen molar-refractivity contribution in [2.45, 2.75) is 52.0 Å². The van der Waals surface area contributed by atoms with E-state index in [4.69, 9.17) is 5.53 Å². The molecule has 0 bridgehead atoms. The molecule has 2 fully saturated rings. The zero-order valence-electron chi connectivity index (χ0n) is 14.2. The Hall–Kier alpha value is -1.87. The minimum atomic E-state index is -0.690. The molecular weight excluding hydrogens is 302 g/mol. The number of carbonyl (C=O) groups excluding carboxylic acids is 2. The lowest BCUT2D eigenvalue weighted by Gasteiger charge is -2.55. The van der Waals surface area contributed by atoms with Gasteiger partial charge in [0, 0.05) is 22.2 Å². The third kappa shape index (κ3) is 1.85. The molecular formula is C19H23N3O2. The first-order valence-electron chi connectivity index (χ1n) is 8.93. The van der Waals surface area contributed by atoms with E-state index in [9.17, 15) is 9.59 Å². The largest absolute Gasteiger partial charge is 0.299 e. The van der Waals surface area contributed by atoms with Gasteiger partial charge in [-0.1, -0.05) is 31.1 Å². The zero-order chi connectivity index (χ0) is 17.1. The van der Waals surface area contributed by atoms with E-state index in [1.165, 1.54) is 0 Å². The summed E-state index contributed by atoms with van der Waals surface area (Å²) in [7, 11) is 0. The highest BCUT2D eigenvalue weighted by atomic mass is 16.1. The smallest absolute Gasteiger partial charge is 0.168 e. The number of allylic oxidation sites excluding steroid dienone is 2. The van der Waals surface area contributed by atoms with Crippen molar-refractivity contribution in [3.8, 4) is 0 Å². The molecule has 0 radical (unpaired) electrons. The molecule has 0 N–H and O–H groups in total. The van der Waals surface area contributed by atoms with Gasteiger partial charge in [0.05, 0.1) is 0 Å². The van der Waals surface area contributed by atoms with E-state index in [0.717, 1.165) is 31.3 Å². The number of carbonyl (C=O) groups is 2. The fraction of sp³-hybridized carbons (Fsp3) is 0.684. The third-order valence-electron chi connectivity index (χ3n) is 7.47. The van der Waals surface area contributed by atoms with Crippen LogP contribution in [0.2, 0.25) is 0 Å². The Labute approximate surface area is 141 Å². The Bertz CT molecular complexity index is 733. The summed E-state index contributed by atoms with van der Waals surface area (Å²) in [6, 6.07) is -0.690. The number of ketones is 2. The predicted octanol–water partition coefficient (Wildman–Crippen LogP) is 4.15. The highest BCUT2D eigenvalue weighted by molar-refractivity contribution is 5.98. The van der Waals surface area contributed by atoms with Crippen LogP contribution in [0.25, 0.3) is 10.4 Å². The zero-order valence-corrected chi connectivity index (χ0v) is 14.2. The van der Waals surface area contributed by atoms with Crippen LogP contribution >= 0.6 is 0 Å². The van der Waals surface area contributed by atoms with Gasteiger partial charge in [-0.05, 0) is 60.6 Å². The number of azide groups is 1. The lowest BCUT2D eigenvalue weighted by Crippen LogP contribution is -2.51. The SMILES string of the molecule is C[C@]12C=CC(=O)C(N=[N+]=[N-])C1=CC[C@@H]1[C@@H]2CC[C@]2(C)C(=O)CC[C@@H]12. The van der Waals surface area contributed by atoms with Crippen LogP contribution in [-0.2, 0) is 9.59 Å². The fourth-order valence-corrected chi connectivity index (χ4v) is 6.13. The first-order valence-corrected chi connectivity index (χ1v) is 8.93. The van der Waals surface area contributed by atoms with Crippen molar-refractivity contribution in [3.05, 3.63) is 34.2 Å². The van der Waals surface area contributed by atoms with Crippen molar-refractivity contribution in [3.63, 3.8) is 0 Å². The van der Waals surface area contributed by atoms with E-state index >= 15 is 0 Å². The Kier molecular flexibility index (Phi) is 3.30. The minimum absolute atomic E-state index is 0.119. The van der Waals surface area contributed by atoms with E-state index in [1.807, 2.05) is 6.08 Å². The van der Waals surface area contributed by atoms with E-state index in [-0.39, 0.29) is 16.6 Å². The molecule has 6 atom stereocenters. The van der Waals surface area contributed by atoms with Crippen LogP contribution in [0.3, 0.4) is 0 Å². The second kappa shape index (κ2) is 5.06. The van der Waals surface area contributed by atoms with Crippen LogP contribution in [0.4, 0.5) is 0 Å². The molecule has 2 saturated carbocycles. The molecule has 0 spiro atoms. The number of Topliss-reactive ketones (excluding diaryl/α,β-unsaturated/α-hetero) is 1. The van der Waals surface area contributed by atoms with Crippen LogP contribution in [0.1, 0.15) is 46.0 Å². The van der Waals surface area contributed by atoms with Gasteiger partial charge in [0.2, 0.25) is 0 Å². The molecule has 0 aromatic heterocycles. The van der Waals surface area contributed by atoms with E-state index in [2.05, 4.69) is 29.9 Å². The van der Waals surface area contributed by atoms with Gasteiger partial charge < -0.3 is 0 Å². The first kappa shape index (κ1) is 15.6. The van der Waals surface area contributed by atoms with Crippen LogP contribution < -0.4 is 0 Å². The molecule has 0 aromatic carbocycles. The standard InChI is InChI=1S/C19H23N3O2/c1-18-10-8-15(23)17(21-22-20)14(18)4-3-11-12-5-6-16(24)19(12,2)9-7-13(11)18/h4,8,10-13,17H,3,5-7,9H2,1-2H3/t11-,12-,13-,17?,18+,19-/m0/s1. The molecule has 4 aliphatic rings. The lowest BCUT2D eigenvalue weighted by molar-refractivity contribution is -0.131. The molecule has 126 valence electrons. The second-order valence-electron chi connectivity index (χ2n) is 8.32. The van der Waals surface area contributed by atoms with Crippen LogP contribution in [0, 0.1) is 28.6 Å². The summed E-state index contributed by atoms with van der Waals surface area (Å²) in [5, 5.41) is 3.78.